The van der Waals surface area contributed by atoms with Crippen LogP contribution in [0, 0.1) is 5.92 Å². The SMILES string of the molecule is CC1CCc2c(-c3nnc(SCC(=O)Nc4cc(Cl)cc(Cl)c4)n3C)csc2C1. The first-order valence-corrected chi connectivity index (χ1v) is 11.9. The molecule has 3 aromatic rings. The van der Waals surface area contributed by atoms with Gasteiger partial charge in [0.15, 0.2) is 11.0 Å². The summed E-state index contributed by atoms with van der Waals surface area (Å²) in [4.78, 5) is 13.8. The summed E-state index contributed by atoms with van der Waals surface area (Å²) in [6.07, 6.45) is 3.45. The molecular weight excluding hydrogens is 447 g/mol. The molecule has 0 saturated heterocycles. The van der Waals surface area contributed by atoms with Crippen LogP contribution in [0.25, 0.3) is 11.4 Å². The van der Waals surface area contributed by atoms with Crippen LogP contribution >= 0.6 is 46.3 Å². The number of amides is 1. The topological polar surface area (TPSA) is 59.8 Å². The number of halogens is 2. The molecule has 4 rings (SSSR count). The van der Waals surface area contributed by atoms with Crippen LogP contribution in [-0.4, -0.2) is 26.4 Å². The Labute approximate surface area is 187 Å². The molecule has 1 aromatic carbocycles. The molecular formula is C20H20Cl2N4OS2. The van der Waals surface area contributed by atoms with E-state index in [0.29, 0.717) is 20.9 Å². The summed E-state index contributed by atoms with van der Waals surface area (Å²) in [5.41, 5.74) is 3.17. The number of benzene rings is 1. The number of nitrogens with zero attached hydrogens (tertiary/aromatic N) is 3. The minimum absolute atomic E-state index is 0.153. The Morgan fingerprint density at radius 2 is 2.07 bits per heavy atom. The number of hydrogen-bond donors (Lipinski definition) is 1. The van der Waals surface area contributed by atoms with Crippen molar-refractivity contribution in [3.63, 3.8) is 0 Å². The highest BCUT2D eigenvalue weighted by Crippen LogP contribution is 2.38. The van der Waals surface area contributed by atoms with Gasteiger partial charge < -0.3 is 9.88 Å². The number of hydrogen-bond acceptors (Lipinski definition) is 5. The average molecular weight is 467 g/mol. The van der Waals surface area contributed by atoms with Crippen molar-refractivity contribution in [3.05, 3.63) is 44.1 Å². The lowest BCUT2D eigenvalue weighted by molar-refractivity contribution is -0.113. The van der Waals surface area contributed by atoms with E-state index < -0.39 is 0 Å². The lowest BCUT2D eigenvalue weighted by Crippen LogP contribution is -2.14. The number of fused-ring (bicyclic) bond motifs is 1. The van der Waals surface area contributed by atoms with Crippen molar-refractivity contribution in [2.24, 2.45) is 13.0 Å². The van der Waals surface area contributed by atoms with Crippen molar-refractivity contribution in [1.29, 1.82) is 0 Å². The standard InChI is InChI=1S/C20H20Cl2N4OS2/c1-11-3-4-15-16(9-28-17(15)5-11)19-24-25-20(26(19)2)29-10-18(27)23-14-7-12(21)6-13(22)8-14/h6-9,11H,3-5,10H2,1-2H3,(H,23,27). The maximum Gasteiger partial charge on any atom is 0.234 e. The lowest BCUT2D eigenvalue weighted by atomic mass is 9.88. The van der Waals surface area contributed by atoms with Crippen molar-refractivity contribution >= 4 is 57.9 Å². The summed E-state index contributed by atoms with van der Waals surface area (Å²) in [6.45, 7) is 2.31. The second-order valence-corrected chi connectivity index (χ2v) is 10.0. The summed E-state index contributed by atoms with van der Waals surface area (Å²) in [5, 5.41) is 15.4. The van der Waals surface area contributed by atoms with Gasteiger partial charge in [-0.3, -0.25) is 4.79 Å². The summed E-state index contributed by atoms with van der Waals surface area (Å²) >= 11 is 15.1. The molecule has 0 saturated carbocycles. The van der Waals surface area contributed by atoms with Gasteiger partial charge in [-0.05, 0) is 48.9 Å². The fraction of sp³-hybridized carbons (Fsp3) is 0.350. The summed E-state index contributed by atoms with van der Waals surface area (Å²) in [5.74, 6) is 1.67. The van der Waals surface area contributed by atoms with E-state index in [1.807, 2.05) is 23.0 Å². The third-order valence-electron chi connectivity index (χ3n) is 4.96. The van der Waals surface area contributed by atoms with Crippen LogP contribution in [0.2, 0.25) is 10.0 Å². The van der Waals surface area contributed by atoms with Gasteiger partial charge in [-0.1, -0.05) is 41.9 Å². The van der Waals surface area contributed by atoms with Crippen LogP contribution in [0.4, 0.5) is 5.69 Å². The maximum absolute atomic E-state index is 12.3. The number of thiophene rings is 1. The molecule has 29 heavy (non-hydrogen) atoms. The largest absolute Gasteiger partial charge is 0.325 e. The zero-order chi connectivity index (χ0) is 20.5. The zero-order valence-electron chi connectivity index (χ0n) is 16.0. The summed E-state index contributed by atoms with van der Waals surface area (Å²) < 4.78 is 1.97. The van der Waals surface area contributed by atoms with Crippen LogP contribution < -0.4 is 5.32 Å². The normalized spacial score (nSPS) is 15.9. The summed E-state index contributed by atoms with van der Waals surface area (Å²) in [7, 11) is 1.95. The Bertz CT molecular complexity index is 1040. The number of carbonyl (C=O) groups excluding carboxylic acids is 1. The molecule has 1 amide bonds. The minimum Gasteiger partial charge on any atom is -0.325 e. The van der Waals surface area contributed by atoms with Gasteiger partial charge in [0.2, 0.25) is 5.91 Å². The Kier molecular flexibility index (Phi) is 6.20. The highest BCUT2D eigenvalue weighted by molar-refractivity contribution is 7.99. The van der Waals surface area contributed by atoms with Crippen molar-refractivity contribution in [2.45, 2.75) is 31.3 Å². The van der Waals surface area contributed by atoms with E-state index in [1.165, 1.54) is 34.2 Å². The third kappa shape index (κ3) is 4.63. The van der Waals surface area contributed by atoms with Gasteiger partial charge in [0.05, 0.1) is 5.75 Å². The van der Waals surface area contributed by atoms with Crippen LogP contribution in [-0.2, 0) is 24.7 Å². The van der Waals surface area contributed by atoms with Gasteiger partial charge in [-0.15, -0.1) is 21.5 Å². The highest BCUT2D eigenvalue weighted by atomic mass is 35.5. The molecule has 1 N–H and O–H groups in total. The number of aromatic nitrogens is 3. The van der Waals surface area contributed by atoms with E-state index in [1.54, 1.807) is 18.2 Å². The molecule has 0 bridgehead atoms. The molecule has 1 aliphatic rings. The Balaban J connectivity index is 1.44. The molecule has 5 nitrogen and oxygen atoms in total. The number of anilines is 1. The fourth-order valence-corrected chi connectivity index (χ4v) is 5.97. The zero-order valence-corrected chi connectivity index (χ0v) is 19.2. The Morgan fingerprint density at radius 1 is 1.31 bits per heavy atom. The van der Waals surface area contributed by atoms with E-state index in [4.69, 9.17) is 23.2 Å². The minimum atomic E-state index is -0.153. The van der Waals surface area contributed by atoms with Crippen molar-refractivity contribution in [2.75, 3.05) is 11.1 Å². The van der Waals surface area contributed by atoms with Crippen LogP contribution in [0.1, 0.15) is 23.8 Å². The van der Waals surface area contributed by atoms with Gasteiger partial charge in [0.1, 0.15) is 0 Å². The molecule has 0 fully saturated rings. The second-order valence-electron chi connectivity index (χ2n) is 7.26. The molecule has 1 unspecified atom stereocenters. The molecule has 2 aromatic heterocycles. The Morgan fingerprint density at radius 3 is 2.83 bits per heavy atom. The van der Waals surface area contributed by atoms with Crippen LogP contribution in [0.3, 0.4) is 0 Å². The highest BCUT2D eigenvalue weighted by Gasteiger charge is 2.23. The van der Waals surface area contributed by atoms with Crippen molar-refractivity contribution in [1.82, 2.24) is 14.8 Å². The van der Waals surface area contributed by atoms with E-state index >= 15 is 0 Å². The number of nitrogens with one attached hydrogen (secondary N) is 1. The summed E-state index contributed by atoms with van der Waals surface area (Å²) in [6, 6.07) is 4.95. The van der Waals surface area contributed by atoms with E-state index in [-0.39, 0.29) is 11.7 Å². The van der Waals surface area contributed by atoms with E-state index in [0.717, 1.165) is 24.6 Å². The van der Waals surface area contributed by atoms with Gasteiger partial charge in [0, 0.05) is 38.6 Å². The lowest BCUT2D eigenvalue weighted by Gasteiger charge is -2.18. The number of carbonyl (C=O) groups is 1. The molecule has 9 heteroatoms. The molecule has 152 valence electrons. The first-order valence-electron chi connectivity index (χ1n) is 9.28. The molecule has 2 heterocycles. The quantitative estimate of drug-likeness (QED) is 0.489. The predicted octanol–water partition coefficient (Wildman–Crippen LogP) is 5.71. The van der Waals surface area contributed by atoms with Gasteiger partial charge in [-0.2, -0.15) is 0 Å². The molecule has 0 aliphatic heterocycles. The van der Waals surface area contributed by atoms with Crippen molar-refractivity contribution in [3.8, 4) is 11.4 Å². The average Bonchev–Trinajstić information content (AvgIpc) is 3.21. The Hall–Kier alpha value is -1.54. The second kappa shape index (κ2) is 8.68. The smallest absolute Gasteiger partial charge is 0.234 e. The molecule has 1 atom stereocenters. The maximum atomic E-state index is 12.3. The first kappa shape index (κ1) is 20.7. The third-order valence-corrected chi connectivity index (χ3v) is 7.46. The number of thioether (sulfide) groups is 1. The van der Waals surface area contributed by atoms with Crippen LogP contribution in [0.5, 0.6) is 0 Å². The molecule has 0 spiro atoms. The van der Waals surface area contributed by atoms with Crippen molar-refractivity contribution < 1.29 is 4.79 Å². The van der Waals surface area contributed by atoms with Gasteiger partial charge in [-0.25, -0.2) is 0 Å². The fourth-order valence-electron chi connectivity index (χ4n) is 3.49. The molecule has 0 radical (unpaired) electrons. The number of rotatable bonds is 5. The predicted molar refractivity (Wildman–Crippen MR) is 121 cm³/mol. The van der Waals surface area contributed by atoms with Gasteiger partial charge in [0.25, 0.3) is 0 Å². The van der Waals surface area contributed by atoms with Gasteiger partial charge >= 0.3 is 0 Å². The monoisotopic (exact) mass is 466 g/mol. The van der Waals surface area contributed by atoms with E-state index in [9.17, 15) is 4.79 Å². The van der Waals surface area contributed by atoms with Crippen LogP contribution in [0.15, 0.2) is 28.7 Å². The van der Waals surface area contributed by atoms with E-state index in [2.05, 4.69) is 27.8 Å². The first-order chi connectivity index (χ1) is 13.9. The molecule has 1 aliphatic carbocycles.